The maximum Gasteiger partial charge on any atom is 0.316 e. The van der Waals surface area contributed by atoms with Gasteiger partial charge in [-0.05, 0) is 17.0 Å². The van der Waals surface area contributed by atoms with Crippen LogP contribution in [0, 0.1) is 15.3 Å². The average Bonchev–Trinajstić information content (AvgIpc) is 2.83. The summed E-state index contributed by atoms with van der Waals surface area (Å²) in [5, 5.41) is 29.3. The summed E-state index contributed by atoms with van der Waals surface area (Å²) in [6.07, 6.45) is 0. The van der Waals surface area contributed by atoms with Crippen LogP contribution in [0.15, 0.2) is 22.8 Å². The van der Waals surface area contributed by atoms with E-state index in [1.165, 1.54) is 12.1 Å². The first-order valence-corrected chi connectivity index (χ1v) is 7.58. The van der Waals surface area contributed by atoms with Gasteiger partial charge in [0.2, 0.25) is 5.52 Å². The van der Waals surface area contributed by atoms with Crippen molar-refractivity contribution in [2.24, 2.45) is 0 Å². The molecule has 124 valence electrons. The summed E-state index contributed by atoms with van der Waals surface area (Å²) in [6, 6.07) is 3.86. The van der Waals surface area contributed by atoms with E-state index in [1.807, 2.05) is 0 Å². The van der Waals surface area contributed by atoms with E-state index < -0.39 is 10.6 Å². The molecule has 8 nitrogen and oxygen atoms in total. The number of fused-ring (bicyclic) bond motifs is 1. The number of nitrogens with zero attached hydrogens (tertiary/aromatic N) is 3. The minimum absolute atomic E-state index is 0.0706. The second-order valence-electron chi connectivity index (χ2n) is 4.51. The molecule has 0 aliphatic rings. The van der Waals surface area contributed by atoms with Gasteiger partial charge in [0.25, 0.3) is 5.52 Å². The lowest BCUT2D eigenvalue weighted by atomic mass is 10.2. The third-order valence-corrected chi connectivity index (χ3v) is 4.15. The smallest absolute Gasteiger partial charge is 0.316 e. The molecule has 0 bridgehead atoms. The van der Waals surface area contributed by atoms with Gasteiger partial charge in [0.15, 0.2) is 5.69 Å². The highest BCUT2D eigenvalue weighted by molar-refractivity contribution is 6.42. The highest BCUT2D eigenvalue weighted by Crippen LogP contribution is 2.43. The molecule has 0 aliphatic heterocycles. The second-order valence-corrected chi connectivity index (χ2v) is 6.16. The molecule has 2 aromatic carbocycles. The van der Waals surface area contributed by atoms with Crippen molar-refractivity contribution in [3.63, 3.8) is 0 Å². The minimum Gasteiger partial charge on any atom is -0.359 e. The highest BCUT2D eigenvalue weighted by atomic mass is 35.5. The average molecular weight is 410 g/mol. The standard InChI is InChI=1S/C12H4Cl4N4O4/c13-4-1-5(14)9(6(15)2-4)17-11-10-8(20(23)24-18-10)3-7(16)12(11)19(21)22/h1-3,17H. The van der Waals surface area contributed by atoms with Gasteiger partial charge in [-0.15, -0.1) is 0 Å². The van der Waals surface area contributed by atoms with E-state index in [0.29, 0.717) is 0 Å². The maximum atomic E-state index is 11.6. The molecule has 1 aromatic heterocycles. The number of hydrogen-bond donors (Lipinski definition) is 1. The van der Waals surface area contributed by atoms with Gasteiger partial charge in [-0.25, -0.2) is 0 Å². The largest absolute Gasteiger partial charge is 0.359 e. The quantitative estimate of drug-likeness (QED) is 0.380. The molecule has 0 aliphatic carbocycles. The molecular weight excluding hydrogens is 406 g/mol. The third-order valence-electron chi connectivity index (χ3n) is 3.05. The molecule has 1 heterocycles. The highest BCUT2D eigenvalue weighted by Gasteiger charge is 2.30. The Hall–Kier alpha value is -2.00. The van der Waals surface area contributed by atoms with Crippen LogP contribution >= 0.6 is 46.4 Å². The minimum atomic E-state index is -0.730. The zero-order valence-electron chi connectivity index (χ0n) is 11.2. The predicted molar refractivity (Wildman–Crippen MR) is 89.4 cm³/mol. The number of anilines is 2. The number of aromatic nitrogens is 2. The van der Waals surface area contributed by atoms with E-state index in [2.05, 4.69) is 15.1 Å². The van der Waals surface area contributed by atoms with E-state index in [9.17, 15) is 15.3 Å². The van der Waals surface area contributed by atoms with Crippen molar-refractivity contribution in [3.05, 3.63) is 53.6 Å². The van der Waals surface area contributed by atoms with E-state index in [1.54, 1.807) is 0 Å². The van der Waals surface area contributed by atoms with Crippen molar-refractivity contribution in [3.8, 4) is 0 Å². The first-order chi connectivity index (χ1) is 11.3. The number of nitrogens with one attached hydrogen (secondary N) is 1. The Morgan fingerprint density at radius 2 is 1.71 bits per heavy atom. The summed E-state index contributed by atoms with van der Waals surface area (Å²) in [4.78, 5) is 10.7. The lowest BCUT2D eigenvalue weighted by molar-refractivity contribution is -0.782. The zero-order valence-corrected chi connectivity index (χ0v) is 14.2. The fourth-order valence-electron chi connectivity index (χ4n) is 2.05. The fourth-order valence-corrected chi connectivity index (χ4v) is 3.23. The van der Waals surface area contributed by atoms with Crippen LogP contribution < -0.4 is 10.2 Å². The normalized spacial score (nSPS) is 11.0. The van der Waals surface area contributed by atoms with Gasteiger partial charge in [0.1, 0.15) is 5.02 Å². The van der Waals surface area contributed by atoms with Crippen LogP contribution in [0.1, 0.15) is 0 Å². The molecule has 3 rings (SSSR count). The fraction of sp³-hybridized carbons (Fsp3) is 0. The molecule has 0 atom stereocenters. The third kappa shape index (κ3) is 2.78. The molecule has 0 unspecified atom stereocenters. The number of nitro groups is 1. The lowest BCUT2D eigenvalue weighted by Gasteiger charge is -2.11. The van der Waals surface area contributed by atoms with Crippen LogP contribution in [0.2, 0.25) is 20.1 Å². The first kappa shape index (κ1) is 16.8. The van der Waals surface area contributed by atoms with Crippen LogP contribution in [0.4, 0.5) is 17.1 Å². The van der Waals surface area contributed by atoms with E-state index in [0.717, 1.165) is 6.07 Å². The Labute approximate surface area is 153 Å². The van der Waals surface area contributed by atoms with E-state index in [-0.39, 0.29) is 47.4 Å². The van der Waals surface area contributed by atoms with Gasteiger partial charge in [0.05, 0.1) is 20.7 Å². The lowest BCUT2D eigenvalue weighted by Crippen LogP contribution is -2.22. The number of benzene rings is 2. The van der Waals surface area contributed by atoms with Crippen molar-refractivity contribution in [1.82, 2.24) is 5.16 Å². The number of rotatable bonds is 3. The predicted octanol–water partition coefficient (Wildman–Crippen LogP) is 4.73. The monoisotopic (exact) mass is 408 g/mol. The molecule has 0 amide bonds. The summed E-state index contributed by atoms with van der Waals surface area (Å²) in [7, 11) is 0. The maximum absolute atomic E-state index is 11.6. The first-order valence-electron chi connectivity index (χ1n) is 6.07. The van der Waals surface area contributed by atoms with Crippen molar-refractivity contribution in [2.75, 3.05) is 5.32 Å². The molecule has 3 aromatic rings. The van der Waals surface area contributed by atoms with Crippen LogP contribution in [-0.2, 0) is 0 Å². The molecule has 0 radical (unpaired) electrons. The molecule has 0 saturated heterocycles. The van der Waals surface area contributed by atoms with Crippen molar-refractivity contribution in [1.29, 1.82) is 0 Å². The molecule has 12 heteroatoms. The Bertz CT molecular complexity index is 968. The van der Waals surface area contributed by atoms with Crippen molar-refractivity contribution >= 4 is 74.5 Å². The topological polar surface area (TPSA) is 108 Å². The summed E-state index contributed by atoms with van der Waals surface area (Å²) in [5.41, 5.74) is -0.778. The zero-order chi connectivity index (χ0) is 17.6. The van der Waals surface area contributed by atoms with Gasteiger partial charge < -0.3 is 10.5 Å². The molecule has 0 fully saturated rings. The number of nitro benzene ring substituents is 1. The summed E-state index contributed by atoms with van der Waals surface area (Å²) in [6.45, 7) is 0. The Kier molecular flexibility index (Phi) is 4.31. The van der Waals surface area contributed by atoms with E-state index >= 15 is 0 Å². The van der Waals surface area contributed by atoms with Crippen molar-refractivity contribution < 1.29 is 14.5 Å². The molecular formula is C12H4Cl4N4O4. The number of halogens is 4. The van der Waals surface area contributed by atoms with Gasteiger partial charge in [-0.1, -0.05) is 46.4 Å². The van der Waals surface area contributed by atoms with E-state index in [4.69, 9.17) is 46.4 Å². The molecule has 24 heavy (non-hydrogen) atoms. The van der Waals surface area contributed by atoms with Crippen LogP contribution in [0.3, 0.4) is 0 Å². The summed E-state index contributed by atoms with van der Waals surface area (Å²) >= 11 is 23.9. The Morgan fingerprint density at radius 3 is 2.29 bits per heavy atom. The molecule has 0 saturated carbocycles. The Balaban J connectivity index is 2.29. The van der Waals surface area contributed by atoms with Gasteiger partial charge in [-0.2, -0.15) is 0 Å². The molecule has 0 spiro atoms. The summed E-state index contributed by atoms with van der Waals surface area (Å²) < 4.78 is 4.47. The van der Waals surface area contributed by atoms with Crippen LogP contribution in [-0.4, -0.2) is 10.1 Å². The molecule has 1 N–H and O–H groups in total. The van der Waals surface area contributed by atoms with Crippen molar-refractivity contribution in [2.45, 2.75) is 0 Å². The van der Waals surface area contributed by atoms with Gasteiger partial charge >= 0.3 is 5.69 Å². The SMILES string of the molecule is O=[N+]([O-])c1c(Cl)cc2c(no[n+]2[O-])c1Nc1c(Cl)cc(Cl)cc1Cl. The number of hydrogen-bond acceptors (Lipinski definition) is 6. The van der Waals surface area contributed by atoms with Gasteiger partial charge in [-0.3, -0.25) is 14.7 Å². The Morgan fingerprint density at radius 1 is 1.08 bits per heavy atom. The van der Waals surface area contributed by atoms with Gasteiger partial charge in [0, 0.05) is 16.2 Å². The van der Waals surface area contributed by atoms with Crippen LogP contribution in [0.25, 0.3) is 11.0 Å². The summed E-state index contributed by atoms with van der Waals surface area (Å²) in [5.74, 6) is 0. The second kappa shape index (κ2) is 6.14. The van der Waals surface area contributed by atoms with Crippen LogP contribution in [0.5, 0.6) is 0 Å².